The summed E-state index contributed by atoms with van der Waals surface area (Å²) in [6, 6.07) is 15.3. The first-order valence-electron chi connectivity index (χ1n) is 9.98. The van der Waals surface area contributed by atoms with E-state index in [1.54, 1.807) is 36.8 Å². The van der Waals surface area contributed by atoms with Gasteiger partial charge in [-0.15, -0.1) is 5.10 Å². The van der Waals surface area contributed by atoms with Gasteiger partial charge in [0.25, 0.3) is 5.91 Å². The van der Waals surface area contributed by atoms with Crippen molar-refractivity contribution in [1.82, 2.24) is 14.9 Å². The van der Waals surface area contributed by atoms with E-state index >= 15 is 0 Å². The van der Waals surface area contributed by atoms with E-state index in [9.17, 15) is 9.59 Å². The normalized spacial score (nSPS) is 12.1. The fraction of sp³-hybridized carbons (Fsp3) is 0.304. The number of benzene rings is 2. The van der Waals surface area contributed by atoms with E-state index in [4.69, 9.17) is 4.74 Å². The summed E-state index contributed by atoms with van der Waals surface area (Å²) in [5.41, 5.74) is 0.872. The Morgan fingerprint density at radius 2 is 1.81 bits per heavy atom. The monoisotopic (exact) mass is 438 g/mol. The number of anilines is 1. The topological polar surface area (TPSA) is 84.4 Å². The second-order valence-corrected chi connectivity index (χ2v) is 8.28. The first-order valence-corrected chi connectivity index (χ1v) is 10.8. The second-order valence-electron chi connectivity index (χ2n) is 7.67. The highest BCUT2D eigenvalue weighted by Gasteiger charge is 2.37. The molecule has 2 aromatic carbocycles. The third-order valence-electron chi connectivity index (χ3n) is 5.12. The highest BCUT2D eigenvalue weighted by atomic mass is 32.1. The summed E-state index contributed by atoms with van der Waals surface area (Å²) in [6.07, 6.45) is 0.729. The van der Waals surface area contributed by atoms with Gasteiger partial charge < -0.3 is 10.1 Å². The van der Waals surface area contributed by atoms with E-state index in [1.807, 2.05) is 51.1 Å². The molecule has 1 N–H and O–H groups in total. The number of aromatic nitrogens is 2. The Morgan fingerprint density at radius 1 is 1.13 bits per heavy atom. The van der Waals surface area contributed by atoms with E-state index in [0.29, 0.717) is 17.0 Å². The zero-order valence-electron chi connectivity index (χ0n) is 18.0. The molecule has 0 saturated carbocycles. The minimum absolute atomic E-state index is 0.177. The molecule has 1 atom stereocenters. The summed E-state index contributed by atoms with van der Waals surface area (Å²) in [6.45, 7) is 5.89. The maximum Gasteiger partial charge on any atom is 0.280 e. The van der Waals surface area contributed by atoms with Crippen molar-refractivity contribution >= 4 is 29.0 Å². The predicted molar refractivity (Wildman–Crippen MR) is 121 cm³/mol. The van der Waals surface area contributed by atoms with Crippen LogP contribution in [0.4, 0.5) is 5.69 Å². The average molecular weight is 439 g/mol. The number of nitrogens with zero attached hydrogens (tertiary/aromatic N) is 3. The fourth-order valence-corrected chi connectivity index (χ4v) is 3.56. The van der Waals surface area contributed by atoms with Crippen LogP contribution in [0.3, 0.4) is 0 Å². The smallest absolute Gasteiger partial charge is 0.280 e. The molecular weight excluding hydrogens is 412 g/mol. The molecule has 3 rings (SSSR count). The summed E-state index contributed by atoms with van der Waals surface area (Å²) in [5.74, 6) is -0.209. The Labute approximate surface area is 186 Å². The number of ether oxygens (including phenoxy) is 1. The van der Waals surface area contributed by atoms with Crippen LogP contribution in [-0.4, -0.2) is 34.1 Å². The molecule has 0 aliphatic rings. The van der Waals surface area contributed by atoms with Gasteiger partial charge in [0.1, 0.15) is 11.8 Å². The lowest BCUT2D eigenvalue weighted by atomic mass is 9.97. The number of nitrogens with one attached hydrogen (secondary N) is 1. The molecule has 0 radical (unpaired) electrons. The lowest BCUT2D eigenvalue weighted by molar-refractivity contribution is -0.124. The molecule has 0 fully saturated rings. The number of carbonyl (C=O) groups excluding carboxylic acids is 2. The van der Waals surface area contributed by atoms with Crippen LogP contribution in [0.15, 0.2) is 60.0 Å². The van der Waals surface area contributed by atoms with Gasteiger partial charge in [0.05, 0.1) is 7.11 Å². The molecule has 0 unspecified atom stereocenters. The first-order chi connectivity index (χ1) is 14.9. The van der Waals surface area contributed by atoms with E-state index in [2.05, 4.69) is 14.9 Å². The maximum absolute atomic E-state index is 13.7. The van der Waals surface area contributed by atoms with Gasteiger partial charge in [0.15, 0.2) is 5.69 Å². The quantitative estimate of drug-likeness (QED) is 0.569. The summed E-state index contributed by atoms with van der Waals surface area (Å²) >= 11 is 1.08. The van der Waals surface area contributed by atoms with Crippen LogP contribution in [0.5, 0.6) is 5.75 Å². The molecule has 0 saturated heterocycles. The zero-order chi connectivity index (χ0) is 22.4. The molecule has 0 aliphatic carbocycles. The van der Waals surface area contributed by atoms with Crippen LogP contribution < -0.4 is 15.0 Å². The zero-order valence-corrected chi connectivity index (χ0v) is 18.8. The molecule has 162 valence electrons. The number of hydrogen-bond acceptors (Lipinski definition) is 6. The Balaban J connectivity index is 2.19. The minimum atomic E-state index is -0.974. The van der Waals surface area contributed by atoms with Crippen molar-refractivity contribution in [2.75, 3.05) is 12.0 Å². The van der Waals surface area contributed by atoms with Crippen molar-refractivity contribution in [2.45, 2.75) is 38.8 Å². The molecule has 1 heterocycles. The maximum atomic E-state index is 13.7. The molecular formula is C23H26N4O3S. The standard InChI is InChI=1S/C23H26N4O3S/c1-5-23(2,3)24-21(28)20(17-13-9-10-14-19(17)30-4)27(16-11-7-6-8-12-16)22(29)18-15-31-26-25-18/h6-15,20H,5H2,1-4H3,(H,24,28)/t20-/m1/s1. The Morgan fingerprint density at radius 3 is 2.42 bits per heavy atom. The second kappa shape index (κ2) is 9.70. The Kier molecular flexibility index (Phi) is 7.02. The van der Waals surface area contributed by atoms with Gasteiger partial charge in [-0.25, -0.2) is 0 Å². The van der Waals surface area contributed by atoms with Gasteiger partial charge in [-0.3, -0.25) is 14.5 Å². The molecule has 0 aliphatic heterocycles. The Bertz CT molecular complexity index is 1020. The number of carbonyl (C=O) groups is 2. The number of rotatable bonds is 8. The molecule has 3 aromatic rings. The van der Waals surface area contributed by atoms with Crippen molar-refractivity contribution in [1.29, 1.82) is 0 Å². The first kappa shape index (κ1) is 22.4. The van der Waals surface area contributed by atoms with Gasteiger partial charge in [-0.05, 0) is 50.0 Å². The number of methoxy groups -OCH3 is 1. The van der Waals surface area contributed by atoms with Gasteiger partial charge in [0.2, 0.25) is 5.91 Å². The molecule has 1 aromatic heterocycles. The van der Waals surface area contributed by atoms with Crippen molar-refractivity contribution < 1.29 is 14.3 Å². The van der Waals surface area contributed by atoms with Gasteiger partial charge in [-0.1, -0.05) is 47.8 Å². The van der Waals surface area contributed by atoms with Gasteiger partial charge in [-0.2, -0.15) is 0 Å². The van der Waals surface area contributed by atoms with Crippen LogP contribution in [-0.2, 0) is 4.79 Å². The summed E-state index contributed by atoms with van der Waals surface area (Å²) in [5, 5.41) is 8.60. The van der Waals surface area contributed by atoms with E-state index in [-0.39, 0.29) is 11.6 Å². The van der Waals surface area contributed by atoms with E-state index in [0.717, 1.165) is 18.0 Å². The van der Waals surface area contributed by atoms with Crippen LogP contribution in [0.25, 0.3) is 0 Å². The third-order valence-corrected chi connectivity index (χ3v) is 5.62. The van der Waals surface area contributed by atoms with Crippen molar-refractivity contribution in [3.8, 4) is 5.75 Å². The third kappa shape index (κ3) is 5.08. The SMILES string of the molecule is CCC(C)(C)NC(=O)[C@@H](c1ccccc1OC)N(C(=O)c1csnn1)c1ccccc1. The van der Waals surface area contributed by atoms with E-state index < -0.39 is 17.5 Å². The molecule has 2 amide bonds. The Hall–Kier alpha value is -3.26. The average Bonchev–Trinajstić information content (AvgIpc) is 3.32. The number of hydrogen-bond donors (Lipinski definition) is 1. The van der Waals surface area contributed by atoms with Crippen molar-refractivity contribution in [3.63, 3.8) is 0 Å². The van der Waals surface area contributed by atoms with E-state index in [1.165, 1.54) is 4.90 Å². The molecule has 0 bridgehead atoms. The molecule has 31 heavy (non-hydrogen) atoms. The summed E-state index contributed by atoms with van der Waals surface area (Å²) in [4.78, 5) is 28.7. The van der Waals surface area contributed by atoms with Crippen LogP contribution in [0.1, 0.15) is 49.3 Å². The lowest BCUT2D eigenvalue weighted by Gasteiger charge is -2.34. The minimum Gasteiger partial charge on any atom is -0.496 e. The van der Waals surface area contributed by atoms with Crippen LogP contribution >= 0.6 is 11.5 Å². The fourth-order valence-electron chi connectivity index (χ4n) is 3.13. The number of para-hydroxylation sites is 2. The van der Waals surface area contributed by atoms with Gasteiger partial charge >= 0.3 is 0 Å². The van der Waals surface area contributed by atoms with Crippen LogP contribution in [0.2, 0.25) is 0 Å². The van der Waals surface area contributed by atoms with Gasteiger partial charge in [0, 0.05) is 22.2 Å². The number of amides is 2. The lowest BCUT2D eigenvalue weighted by Crippen LogP contribution is -2.50. The van der Waals surface area contributed by atoms with Crippen LogP contribution in [0, 0.1) is 0 Å². The largest absolute Gasteiger partial charge is 0.496 e. The molecule has 0 spiro atoms. The highest BCUT2D eigenvalue weighted by Crippen LogP contribution is 2.34. The predicted octanol–water partition coefficient (Wildman–Crippen LogP) is 4.24. The molecule has 7 nitrogen and oxygen atoms in total. The van der Waals surface area contributed by atoms with Crippen molar-refractivity contribution in [2.24, 2.45) is 0 Å². The summed E-state index contributed by atoms with van der Waals surface area (Å²) < 4.78 is 9.37. The summed E-state index contributed by atoms with van der Waals surface area (Å²) in [7, 11) is 1.54. The van der Waals surface area contributed by atoms with Crippen molar-refractivity contribution in [3.05, 3.63) is 71.2 Å². The molecule has 8 heteroatoms. The highest BCUT2D eigenvalue weighted by molar-refractivity contribution is 7.03.